The maximum absolute atomic E-state index is 11.4. The van der Waals surface area contributed by atoms with Crippen LogP contribution in [-0.2, 0) is 4.79 Å². The van der Waals surface area contributed by atoms with Crippen LogP contribution < -0.4 is 11.1 Å². The van der Waals surface area contributed by atoms with Gasteiger partial charge >= 0.3 is 0 Å². The first-order chi connectivity index (χ1) is 8.13. The summed E-state index contributed by atoms with van der Waals surface area (Å²) >= 11 is 0. The molecule has 17 heavy (non-hydrogen) atoms. The number of primary amides is 1. The number of hydrogen-bond acceptors (Lipinski definition) is 4. The maximum atomic E-state index is 11.4. The highest BCUT2D eigenvalue weighted by molar-refractivity contribution is 5.94. The first-order valence-electron chi connectivity index (χ1n) is 4.75. The van der Waals surface area contributed by atoms with Gasteiger partial charge in [-0.15, -0.1) is 0 Å². The molecular formula is C11H11N3O3. The summed E-state index contributed by atoms with van der Waals surface area (Å²) < 4.78 is 0. The summed E-state index contributed by atoms with van der Waals surface area (Å²) in [5.74, 6) is 4.00. The number of amides is 2. The standard InChI is InChI=1S/C11H11N3O3/c12-10(16)7-14-11(17)9-4-3-8(6-13-9)2-1-5-15/h3-4,6,15H,5,7H2,(H2,12,16)(H,14,17). The van der Waals surface area contributed by atoms with Gasteiger partial charge in [0.05, 0.1) is 6.54 Å². The van der Waals surface area contributed by atoms with Crippen molar-refractivity contribution in [1.29, 1.82) is 0 Å². The predicted molar refractivity (Wildman–Crippen MR) is 59.7 cm³/mol. The molecule has 0 unspecified atom stereocenters. The van der Waals surface area contributed by atoms with Crippen LogP contribution in [0.1, 0.15) is 16.1 Å². The van der Waals surface area contributed by atoms with E-state index >= 15 is 0 Å². The molecular weight excluding hydrogens is 222 g/mol. The third kappa shape index (κ3) is 4.32. The van der Waals surface area contributed by atoms with E-state index in [0.717, 1.165) is 0 Å². The Morgan fingerprint density at radius 1 is 1.47 bits per heavy atom. The fourth-order valence-electron chi connectivity index (χ4n) is 1.00. The van der Waals surface area contributed by atoms with Gasteiger partial charge < -0.3 is 16.2 Å². The van der Waals surface area contributed by atoms with Crippen molar-refractivity contribution in [2.24, 2.45) is 5.73 Å². The summed E-state index contributed by atoms with van der Waals surface area (Å²) in [7, 11) is 0. The number of carbonyl (C=O) groups excluding carboxylic acids is 2. The second-order valence-corrected chi connectivity index (χ2v) is 3.04. The Morgan fingerprint density at radius 2 is 2.24 bits per heavy atom. The highest BCUT2D eigenvalue weighted by atomic mass is 16.2. The minimum absolute atomic E-state index is 0.167. The van der Waals surface area contributed by atoms with E-state index in [2.05, 4.69) is 22.1 Å². The summed E-state index contributed by atoms with van der Waals surface area (Å²) in [5, 5.41) is 10.8. The molecule has 0 saturated heterocycles. The quantitative estimate of drug-likeness (QED) is 0.561. The van der Waals surface area contributed by atoms with Gasteiger partial charge in [0.2, 0.25) is 5.91 Å². The number of aliphatic hydroxyl groups excluding tert-OH is 1. The molecule has 6 heteroatoms. The topological polar surface area (TPSA) is 105 Å². The van der Waals surface area contributed by atoms with Gasteiger partial charge in [-0.25, -0.2) is 4.98 Å². The molecule has 0 bridgehead atoms. The molecule has 0 fully saturated rings. The second kappa shape index (κ2) is 6.25. The van der Waals surface area contributed by atoms with Crippen molar-refractivity contribution in [1.82, 2.24) is 10.3 Å². The number of nitrogens with two attached hydrogens (primary N) is 1. The van der Waals surface area contributed by atoms with Crippen LogP contribution >= 0.6 is 0 Å². The fraction of sp³-hybridized carbons (Fsp3) is 0.182. The number of rotatable bonds is 3. The lowest BCUT2D eigenvalue weighted by Crippen LogP contribution is -2.33. The molecule has 4 N–H and O–H groups in total. The molecule has 88 valence electrons. The van der Waals surface area contributed by atoms with Gasteiger partial charge in [0.25, 0.3) is 5.91 Å². The van der Waals surface area contributed by atoms with E-state index in [1.165, 1.54) is 12.3 Å². The Bertz CT molecular complexity index is 471. The highest BCUT2D eigenvalue weighted by Crippen LogP contribution is 1.98. The van der Waals surface area contributed by atoms with E-state index in [-0.39, 0.29) is 18.8 Å². The molecule has 2 amide bonds. The maximum Gasteiger partial charge on any atom is 0.270 e. The molecule has 0 aliphatic heterocycles. The Labute approximate surface area is 97.8 Å². The second-order valence-electron chi connectivity index (χ2n) is 3.04. The van der Waals surface area contributed by atoms with Crippen LogP contribution in [0, 0.1) is 11.8 Å². The smallest absolute Gasteiger partial charge is 0.270 e. The van der Waals surface area contributed by atoms with Gasteiger partial charge in [-0.2, -0.15) is 0 Å². The highest BCUT2D eigenvalue weighted by Gasteiger charge is 2.06. The van der Waals surface area contributed by atoms with Gasteiger partial charge in [0, 0.05) is 11.8 Å². The zero-order valence-electron chi connectivity index (χ0n) is 8.93. The van der Waals surface area contributed by atoms with E-state index in [1.54, 1.807) is 6.07 Å². The van der Waals surface area contributed by atoms with Crippen molar-refractivity contribution >= 4 is 11.8 Å². The molecule has 0 saturated carbocycles. The lowest BCUT2D eigenvalue weighted by atomic mass is 10.2. The lowest BCUT2D eigenvalue weighted by Gasteiger charge is -2.01. The number of nitrogens with zero attached hydrogens (tertiary/aromatic N) is 1. The van der Waals surface area contributed by atoms with Gasteiger partial charge in [-0.3, -0.25) is 9.59 Å². The number of aliphatic hydroxyl groups is 1. The van der Waals surface area contributed by atoms with Crippen LogP contribution in [0.5, 0.6) is 0 Å². The Kier molecular flexibility index (Phi) is 4.66. The van der Waals surface area contributed by atoms with E-state index in [4.69, 9.17) is 10.8 Å². The average Bonchev–Trinajstić information content (AvgIpc) is 2.34. The SMILES string of the molecule is NC(=O)CNC(=O)c1ccc(C#CCO)cn1. The lowest BCUT2D eigenvalue weighted by molar-refractivity contribution is -0.117. The first kappa shape index (κ1) is 12.7. The summed E-state index contributed by atoms with van der Waals surface area (Å²) in [6, 6.07) is 3.06. The molecule has 6 nitrogen and oxygen atoms in total. The summed E-state index contributed by atoms with van der Waals surface area (Å²) in [6.07, 6.45) is 1.40. The average molecular weight is 233 g/mol. The van der Waals surface area contributed by atoms with E-state index in [9.17, 15) is 9.59 Å². The molecule has 0 spiro atoms. The van der Waals surface area contributed by atoms with Crippen LogP contribution in [0.3, 0.4) is 0 Å². The molecule has 1 heterocycles. The van der Waals surface area contributed by atoms with E-state index in [1.807, 2.05) is 0 Å². The molecule has 1 aromatic rings. The predicted octanol–water partition coefficient (Wildman–Crippen LogP) is -1.36. The van der Waals surface area contributed by atoms with E-state index < -0.39 is 11.8 Å². The van der Waals surface area contributed by atoms with E-state index in [0.29, 0.717) is 5.56 Å². The summed E-state index contributed by atoms with van der Waals surface area (Å²) in [5.41, 5.74) is 5.64. The molecule has 0 aliphatic rings. The van der Waals surface area contributed by atoms with Crippen LogP contribution in [-0.4, -0.2) is 35.1 Å². The zero-order chi connectivity index (χ0) is 12.7. The number of aromatic nitrogens is 1. The molecule has 0 aromatic carbocycles. The normalized spacial score (nSPS) is 9.00. The number of pyridine rings is 1. The van der Waals surface area contributed by atoms with Crippen LogP contribution in [0.15, 0.2) is 18.3 Å². The Hall–Kier alpha value is -2.39. The largest absolute Gasteiger partial charge is 0.384 e. The number of nitrogens with one attached hydrogen (secondary N) is 1. The van der Waals surface area contributed by atoms with Crippen molar-refractivity contribution in [3.8, 4) is 11.8 Å². The monoisotopic (exact) mass is 233 g/mol. The van der Waals surface area contributed by atoms with Gasteiger partial charge in [-0.05, 0) is 12.1 Å². The molecule has 1 aromatic heterocycles. The van der Waals surface area contributed by atoms with Gasteiger partial charge in [-0.1, -0.05) is 11.8 Å². The summed E-state index contributed by atoms with van der Waals surface area (Å²) in [4.78, 5) is 25.7. The number of hydrogen-bond donors (Lipinski definition) is 3. The fourth-order valence-corrected chi connectivity index (χ4v) is 1.00. The number of carbonyl (C=O) groups is 2. The first-order valence-corrected chi connectivity index (χ1v) is 4.75. The third-order valence-electron chi connectivity index (χ3n) is 1.73. The minimum Gasteiger partial charge on any atom is -0.384 e. The van der Waals surface area contributed by atoms with Crippen LogP contribution in [0.4, 0.5) is 0 Å². The molecule has 0 radical (unpaired) electrons. The van der Waals surface area contributed by atoms with Gasteiger partial charge in [0.1, 0.15) is 12.3 Å². The molecule has 0 aliphatic carbocycles. The Morgan fingerprint density at radius 3 is 2.76 bits per heavy atom. The summed E-state index contributed by atoms with van der Waals surface area (Å²) in [6.45, 7) is -0.465. The van der Waals surface area contributed by atoms with Crippen molar-refractivity contribution < 1.29 is 14.7 Å². The van der Waals surface area contributed by atoms with Crippen molar-refractivity contribution in [3.63, 3.8) is 0 Å². The molecule has 0 atom stereocenters. The third-order valence-corrected chi connectivity index (χ3v) is 1.73. The molecule has 1 rings (SSSR count). The zero-order valence-corrected chi connectivity index (χ0v) is 8.93. The van der Waals surface area contributed by atoms with Crippen molar-refractivity contribution in [3.05, 3.63) is 29.6 Å². The van der Waals surface area contributed by atoms with Crippen molar-refractivity contribution in [2.75, 3.05) is 13.2 Å². The Balaban J connectivity index is 2.67. The van der Waals surface area contributed by atoms with Crippen molar-refractivity contribution in [2.45, 2.75) is 0 Å². The van der Waals surface area contributed by atoms with Crippen LogP contribution in [0.25, 0.3) is 0 Å². The van der Waals surface area contributed by atoms with Gasteiger partial charge in [0.15, 0.2) is 0 Å². The van der Waals surface area contributed by atoms with Crippen LogP contribution in [0.2, 0.25) is 0 Å². The minimum atomic E-state index is -0.621.